The summed E-state index contributed by atoms with van der Waals surface area (Å²) in [5, 5.41) is 3.11. The van der Waals surface area contributed by atoms with Gasteiger partial charge in [-0.1, -0.05) is 0 Å². The monoisotopic (exact) mass is 277 g/mol. The molecule has 1 aromatic carbocycles. The Balaban J connectivity index is 2.51. The minimum absolute atomic E-state index is 0.0823. The third-order valence-electron chi connectivity index (χ3n) is 2.42. The second kappa shape index (κ2) is 4.61. The van der Waals surface area contributed by atoms with Crippen LogP contribution in [-0.2, 0) is 12.7 Å². The number of benzene rings is 1. The maximum Gasteiger partial charge on any atom is 0.435 e. The summed E-state index contributed by atoms with van der Waals surface area (Å²) in [4.78, 5) is 0. The van der Waals surface area contributed by atoms with Crippen LogP contribution in [0, 0.1) is 11.6 Å². The molecule has 0 spiro atoms. The summed E-state index contributed by atoms with van der Waals surface area (Å²) in [6, 6.07) is 2.54. The van der Waals surface area contributed by atoms with Crippen molar-refractivity contribution in [2.75, 3.05) is 0 Å². The molecule has 2 N–H and O–H groups in total. The fraction of sp³-hybridized carbons (Fsp3) is 0.182. The summed E-state index contributed by atoms with van der Waals surface area (Å²) in [6.07, 6.45) is -3.83. The number of nitrogens with zero attached hydrogens (tertiary/aromatic N) is 2. The predicted molar refractivity (Wildman–Crippen MR) is 56.4 cm³/mol. The van der Waals surface area contributed by atoms with Crippen LogP contribution in [0.2, 0.25) is 0 Å². The number of halogens is 5. The van der Waals surface area contributed by atoms with Crippen molar-refractivity contribution >= 4 is 0 Å². The van der Waals surface area contributed by atoms with Gasteiger partial charge >= 0.3 is 6.18 Å². The smallest absolute Gasteiger partial charge is 0.326 e. The van der Waals surface area contributed by atoms with Crippen molar-refractivity contribution < 1.29 is 22.0 Å². The van der Waals surface area contributed by atoms with Gasteiger partial charge in [-0.05, 0) is 23.8 Å². The molecule has 0 saturated carbocycles. The van der Waals surface area contributed by atoms with Crippen LogP contribution in [0.4, 0.5) is 22.0 Å². The van der Waals surface area contributed by atoms with E-state index in [9.17, 15) is 22.0 Å². The molecular formula is C11H8F5N3. The quantitative estimate of drug-likeness (QED) is 0.857. The second-order valence-corrected chi connectivity index (χ2v) is 3.76. The molecule has 0 radical (unpaired) electrons. The minimum atomic E-state index is -4.67. The van der Waals surface area contributed by atoms with E-state index in [1.807, 2.05) is 0 Å². The van der Waals surface area contributed by atoms with Crippen LogP contribution in [0.3, 0.4) is 0 Å². The molecule has 19 heavy (non-hydrogen) atoms. The van der Waals surface area contributed by atoms with Crippen LogP contribution >= 0.6 is 0 Å². The number of rotatable bonds is 2. The highest BCUT2D eigenvalue weighted by atomic mass is 19.4. The third kappa shape index (κ3) is 2.58. The molecule has 0 amide bonds. The van der Waals surface area contributed by atoms with E-state index in [1.165, 1.54) is 0 Å². The van der Waals surface area contributed by atoms with E-state index in [0.717, 1.165) is 18.3 Å². The molecule has 3 nitrogen and oxygen atoms in total. The van der Waals surface area contributed by atoms with E-state index in [0.29, 0.717) is 10.7 Å². The molecule has 0 aliphatic heterocycles. The molecular weight excluding hydrogens is 269 g/mol. The van der Waals surface area contributed by atoms with Crippen LogP contribution in [-0.4, -0.2) is 9.78 Å². The van der Waals surface area contributed by atoms with E-state index in [-0.39, 0.29) is 12.1 Å². The topological polar surface area (TPSA) is 43.8 Å². The van der Waals surface area contributed by atoms with E-state index >= 15 is 0 Å². The van der Waals surface area contributed by atoms with Crippen molar-refractivity contribution in [2.24, 2.45) is 5.73 Å². The van der Waals surface area contributed by atoms with Crippen LogP contribution in [0.1, 0.15) is 11.3 Å². The molecule has 0 atom stereocenters. The lowest BCUT2D eigenvalue weighted by Gasteiger charge is -2.07. The first-order valence-electron chi connectivity index (χ1n) is 5.14. The van der Waals surface area contributed by atoms with Gasteiger partial charge in [-0.3, -0.25) is 0 Å². The second-order valence-electron chi connectivity index (χ2n) is 3.76. The van der Waals surface area contributed by atoms with Gasteiger partial charge in [0.25, 0.3) is 0 Å². The Morgan fingerprint density at radius 3 is 2.16 bits per heavy atom. The zero-order valence-electron chi connectivity index (χ0n) is 9.38. The number of hydrogen-bond acceptors (Lipinski definition) is 2. The van der Waals surface area contributed by atoms with Gasteiger partial charge in [-0.15, -0.1) is 0 Å². The maximum absolute atomic E-state index is 13.7. The number of aromatic nitrogens is 2. The molecule has 2 aromatic rings. The number of alkyl halides is 3. The Morgan fingerprint density at radius 1 is 1.16 bits per heavy atom. The summed E-state index contributed by atoms with van der Waals surface area (Å²) in [5.41, 5.74) is 3.53. The van der Waals surface area contributed by atoms with Crippen LogP contribution < -0.4 is 5.73 Å². The van der Waals surface area contributed by atoms with Gasteiger partial charge in [0.1, 0.15) is 5.69 Å². The normalized spacial score (nSPS) is 11.9. The van der Waals surface area contributed by atoms with E-state index in [4.69, 9.17) is 5.73 Å². The summed E-state index contributed by atoms with van der Waals surface area (Å²) in [6.45, 7) is -0.0823. The molecule has 0 fully saturated rings. The SMILES string of the molecule is NCc1cc(F)c(-n2ccc(C(F)(F)F)n2)c(F)c1. The van der Waals surface area contributed by atoms with Gasteiger partial charge < -0.3 is 5.73 Å². The molecule has 102 valence electrons. The predicted octanol–water partition coefficient (Wildman–Crippen LogP) is 2.63. The van der Waals surface area contributed by atoms with Crippen molar-refractivity contribution in [2.45, 2.75) is 12.7 Å². The van der Waals surface area contributed by atoms with Gasteiger partial charge in [-0.2, -0.15) is 18.3 Å². The Morgan fingerprint density at radius 2 is 1.74 bits per heavy atom. The standard InChI is InChI=1S/C11H8F5N3/c12-7-3-6(5-17)4-8(13)10(7)19-2-1-9(18-19)11(14,15)16/h1-4H,5,17H2. The van der Waals surface area contributed by atoms with Gasteiger partial charge in [0.15, 0.2) is 17.3 Å². The lowest BCUT2D eigenvalue weighted by Crippen LogP contribution is -2.09. The fourth-order valence-corrected chi connectivity index (χ4v) is 1.55. The van der Waals surface area contributed by atoms with Crippen molar-refractivity contribution in [1.82, 2.24) is 9.78 Å². The Bertz CT molecular complexity index is 580. The Kier molecular flexibility index (Phi) is 3.27. The molecule has 0 bridgehead atoms. The number of hydrogen-bond donors (Lipinski definition) is 1. The minimum Gasteiger partial charge on any atom is -0.326 e. The van der Waals surface area contributed by atoms with Crippen LogP contribution in [0.25, 0.3) is 5.69 Å². The van der Waals surface area contributed by atoms with E-state index in [1.54, 1.807) is 0 Å². The van der Waals surface area contributed by atoms with Gasteiger partial charge in [0, 0.05) is 12.7 Å². The van der Waals surface area contributed by atoms with Gasteiger partial charge in [0.05, 0.1) is 0 Å². The zero-order valence-corrected chi connectivity index (χ0v) is 9.38. The van der Waals surface area contributed by atoms with Gasteiger partial charge in [0.2, 0.25) is 0 Å². The summed E-state index contributed by atoms with van der Waals surface area (Å²) in [7, 11) is 0. The first-order valence-corrected chi connectivity index (χ1v) is 5.14. The maximum atomic E-state index is 13.7. The van der Waals surface area contributed by atoms with Crippen molar-refractivity contribution in [1.29, 1.82) is 0 Å². The average Bonchev–Trinajstić information content (AvgIpc) is 2.76. The van der Waals surface area contributed by atoms with Crippen LogP contribution in [0.5, 0.6) is 0 Å². The van der Waals surface area contributed by atoms with Crippen molar-refractivity contribution in [3.05, 3.63) is 47.3 Å². The summed E-state index contributed by atoms with van der Waals surface area (Å²) < 4.78 is 64.9. The molecule has 0 unspecified atom stereocenters. The molecule has 0 saturated heterocycles. The summed E-state index contributed by atoms with van der Waals surface area (Å²) in [5.74, 6) is -2.06. The molecule has 1 aromatic heterocycles. The average molecular weight is 277 g/mol. The van der Waals surface area contributed by atoms with E-state index < -0.39 is 29.2 Å². The molecule has 2 rings (SSSR count). The first kappa shape index (κ1) is 13.5. The largest absolute Gasteiger partial charge is 0.435 e. The highest BCUT2D eigenvalue weighted by Gasteiger charge is 2.34. The molecule has 8 heteroatoms. The highest BCUT2D eigenvalue weighted by molar-refractivity contribution is 5.38. The van der Waals surface area contributed by atoms with E-state index in [2.05, 4.69) is 5.10 Å². The fourth-order valence-electron chi connectivity index (χ4n) is 1.55. The summed E-state index contributed by atoms with van der Waals surface area (Å²) >= 11 is 0. The highest BCUT2D eigenvalue weighted by Crippen LogP contribution is 2.28. The Labute approximate surface area is 104 Å². The van der Waals surface area contributed by atoms with Crippen LogP contribution in [0.15, 0.2) is 24.4 Å². The first-order chi connectivity index (χ1) is 8.82. The number of nitrogens with two attached hydrogens (primary N) is 1. The van der Waals surface area contributed by atoms with Crippen molar-refractivity contribution in [3.63, 3.8) is 0 Å². The Hall–Kier alpha value is -1.96. The molecule has 0 aliphatic carbocycles. The lowest BCUT2D eigenvalue weighted by molar-refractivity contribution is -0.141. The zero-order chi connectivity index (χ0) is 14.2. The molecule has 1 heterocycles. The molecule has 0 aliphatic rings. The lowest BCUT2D eigenvalue weighted by atomic mass is 10.2. The van der Waals surface area contributed by atoms with Crippen molar-refractivity contribution in [3.8, 4) is 5.69 Å². The van der Waals surface area contributed by atoms with Gasteiger partial charge in [-0.25, -0.2) is 13.5 Å². The third-order valence-corrected chi connectivity index (χ3v) is 2.42.